The molecule has 0 aliphatic carbocycles. The highest BCUT2D eigenvalue weighted by Crippen LogP contribution is 2.47. The Labute approximate surface area is 291 Å². The van der Waals surface area contributed by atoms with Crippen molar-refractivity contribution >= 4 is 44.8 Å². The van der Waals surface area contributed by atoms with Gasteiger partial charge in [0.2, 0.25) is 11.8 Å². The number of aromatic nitrogens is 1. The number of nitrogens with one attached hydrogen (secondary N) is 3. The number of hydroxylamine groups is 1. The van der Waals surface area contributed by atoms with Gasteiger partial charge in [-0.3, -0.25) is 14.6 Å². The highest BCUT2D eigenvalue weighted by molar-refractivity contribution is 7.92. The summed E-state index contributed by atoms with van der Waals surface area (Å²) in [7, 11) is -3.67. The van der Waals surface area contributed by atoms with Crippen LogP contribution in [0.15, 0.2) is 60.9 Å². The lowest BCUT2D eigenvalue weighted by atomic mass is 9.94. The lowest BCUT2D eigenvalue weighted by molar-refractivity contribution is -0.200. The van der Waals surface area contributed by atoms with Gasteiger partial charge in [0.05, 0.1) is 12.2 Å². The summed E-state index contributed by atoms with van der Waals surface area (Å²) in [6.45, 7) is 5.78. The third kappa shape index (κ3) is 9.65. The number of hydrogen-bond acceptors (Lipinski definition) is 10. The van der Waals surface area contributed by atoms with Gasteiger partial charge < -0.3 is 20.1 Å². The van der Waals surface area contributed by atoms with Crippen LogP contribution in [0.4, 0.5) is 10.5 Å². The molecule has 2 saturated heterocycles. The van der Waals surface area contributed by atoms with Crippen LogP contribution in [-0.4, -0.2) is 61.6 Å². The second kappa shape index (κ2) is 15.8. The zero-order chi connectivity index (χ0) is 35.1. The maximum atomic E-state index is 13.7. The standard InChI is InChI=1S/C35H44N4O8S2/c1-34(2,3)46-33(42)38-27(20-24-10-9-17-36-23-24)32(41)37-26-12-8-11-25(21-26)28-14-15-29(48-28)35(16-5-7-19-49(35,43)44)22-30(40)39-47-31-13-4-6-18-45-31/h8-12,14-15,17,21,23,27,31H,4-7,13,16,18-20,22H2,1-3H3,(H,37,41)(H,38,42)(H,39,40)/t27-,31?,35-/m0/s1. The van der Waals surface area contributed by atoms with Crippen molar-refractivity contribution in [2.45, 2.75) is 94.8 Å². The number of amides is 3. The number of pyridine rings is 1. The Morgan fingerprint density at radius 2 is 1.92 bits per heavy atom. The Morgan fingerprint density at radius 3 is 2.63 bits per heavy atom. The van der Waals surface area contributed by atoms with E-state index < -0.39 is 50.4 Å². The number of alkyl carbamates (subject to hydrolysis) is 1. The lowest BCUT2D eigenvalue weighted by Gasteiger charge is -2.35. The zero-order valence-electron chi connectivity index (χ0n) is 28.0. The maximum Gasteiger partial charge on any atom is 0.408 e. The van der Waals surface area contributed by atoms with Gasteiger partial charge in [0.25, 0.3) is 0 Å². The van der Waals surface area contributed by atoms with Gasteiger partial charge in [-0.15, -0.1) is 11.3 Å². The van der Waals surface area contributed by atoms with Crippen molar-refractivity contribution < 1.29 is 37.1 Å². The zero-order valence-corrected chi connectivity index (χ0v) is 29.7. The molecular weight excluding hydrogens is 669 g/mol. The summed E-state index contributed by atoms with van der Waals surface area (Å²) in [5.41, 5.74) is 3.69. The van der Waals surface area contributed by atoms with Crippen LogP contribution >= 0.6 is 11.3 Å². The van der Waals surface area contributed by atoms with Crippen molar-refractivity contribution in [3.05, 3.63) is 71.4 Å². The SMILES string of the molecule is CC(C)(C)OC(=O)N[C@@H](Cc1cccnc1)C(=O)Nc1cccc(-c2ccc([C@@]3(CC(=O)NOC4CCCCO4)CCCCS3(=O)=O)s2)c1. The monoisotopic (exact) mass is 712 g/mol. The fraction of sp³-hybridized carbons (Fsp3) is 0.486. The first-order valence-electron chi connectivity index (χ1n) is 16.5. The number of rotatable bonds is 11. The van der Waals surface area contributed by atoms with Gasteiger partial charge in [-0.25, -0.2) is 23.5 Å². The summed E-state index contributed by atoms with van der Waals surface area (Å²) in [6, 6.07) is 13.4. The van der Waals surface area contributed by atoms with Crippen LogP contribution in [0, 0.1) is 0 Å². The molecule has 2 fully saturated rings. The van der Waals surface area contributed by atoms with Crippen molar-refractivity contribution in [2.75, 3.05) is 17.7 Å². The maximum absolute atomic E-state index is 13.7. The molecular formula is C35H44N4O8S2. The fourth-order valence-corrected chi connectivity index (χ4v) is 9.75. The first-order chi connectivity index (χ1) is 23.3. The molecule has 1 unspecified atom stereocenters. The van der Waals surface area contributed by atoms with Gasteiger partial charge in [-0.2, -0.15) is 0 Å². The van der Waals surface area contributed by atoms with Gasteiger partial charge >= 0.3 is 6.09 Å². The third-order valence-corrected chi connectivity index (χ3v) is 12.4. The molecule has 264 valence electrons. The van der Waals surface area contributed by atoms with E-state index in [1.807, 2.05) is 18.2 Å². The van der Waals surface area contributed by atoms with E-state index in [1.54, 1.807) is 63.5 Å². The smallest absolute Gasteiger partial charge is 0.408 e. The van der Waals surface area contributed by atoms with Crippen LogP contribution in [0.25, 0.3) is 10.4 Å². The Bertz CT molecular complexity index is 1720. The van der Waals surface area contributed by atoms with Crippen LogP contribution in [0.3, 0.4) is 0 Å². The minimum atomic E-state index is -3.67. The number of anilines is 1. The summed E-state index contributed by atoms with van der Waals surface area (Å²) < 4.78 is 36.9. The first-order valence-corrected chi connectivity index (χ1v) is 19.0. The minimum absolute atomic E-state index is 0.000829. The lowest BCUT2D eigenvalue weighted by Crippen LogP contribution is -2.47. The van der Waals surface area contributed by atoms with E-state index >= 15 is 0 Å². The van der Waals surface area contributed by atoms with Crippen LogP contribution in [-0.2, 0) is 44.9 Å². The summed E-state index contributed by atoms with van der Waals surface area (Å²) in [6.07, 6.45) is 5.98. The molecule has 0 saturated carbocycles. The number of carbonyl (C=O) groups is 3. The molecule has 12 nitrogen and oxygen atoms in total. The predicted molar refractivity (Wildman–Crippen MR) is 186 cm³/mol. The second-order valence-corrected chi connectivity index (χ2v) is 16.9. The fourth-order valence-electron chi connectivity index (χ4n) is 5.98. The molecule has 3 aromatic rings. The number of hydrogen-bond donors (Lipinski definition) is 3. The van der Waals surface area contributed by atoms with Crippen LogP contribution in [0.2, 0.25) is 0 Å². The number of ether oxygens (including phenoxy) is 2. The Kier molecular flexibility index (Phi) is 11.7. The van der Waals surface area contributed by atoms with E-state index in [1.165, 1.54) is 11.3 Å². The average molecular weight is 713 g/mol. The quantitative estimate of drug-likeness (QED) is 0.214. The van der Waals surface area contributed by atoms with Crippen LogP contribution < -0.4 is 16.1 Å². The molecule has 0 spiro atoms. The summed E-state index contributed by atoms with van der Waals surface area (Å²) in [5, 5.41) is 5.58. The van der Waals surface area contributed by atoms with Gasteiger partial charge in [-0.1, -0.05) is 24.6 Å². The highest BCUT2D eigenvalue weighted by Gasteiger charge is 2.49. The molecule has 2 aromatic heterocycles. The summed E-state index contributed by atoms with van der Waals surface area (Å²) >= 11 is 1.31. The van der Waals surface area contributed by atoms with Crippen molar-refractivity contribution in [1.29, 1.82) is 0 Å². The van der Waals surface area contributed by atoms with Gasteiger partial charge in [0, 0.05) is 47.3 Å². The van der Waals surface area contributed by atoms with Gasteiger partial charge in [0.1, 0.15) is 16.4 Å². The Balaban J connectivity index is 1.33. The summed E-state index contributed by atoms with van der Waals surface area (Å²) in [5.74, 6) is -0.961. The second-order valence-electron chi connectivity index (χ2n) is 13.4. The Morgan fingerprint density at radius 1 is 1.08 bits per heavy atom. The number of sulfone groups is 1. The number of nitrogens with zero attached hydrogens (tertiary/aromatic N) is 1. The average Bonchev–Trinajstić information content (AvgIpc) is 3.56. The largest absolute Gasteiger partial charge is 0.444 e. The van der Waals surface area contributed by atoms with E-state index in [0.717, 1.165) is 28.8 Å². The van der Waals surface area contributed by atoms with E-state index in [2.05, 4.69) is 21.1 Å². The first kappa shape index (κ1) is 36.4. The van der Waals surface area contributed by atoms with Crippen molar-refractivity contribution in [1.82, 2.24) is 15.8 Å². The van der Waals surface area contributed by atoms with Gasteiger partial charge in [0.15, 0.2) is 16.1 Å². The summed E-state index contributed by atoms with van der Waals surface area (Å²) in [4.78, 5) is 50.2. The van der Waals surface area contributed by atoms with Crippen LogP contribution in [0.5, 0.6) is 0 Å². The van der Waals surface area contributed by atoms with E-state index in [4.69, 9.17) is 14.3 Å². The molecule has 5 rings (SSSR count). The molecule has 4 heterocycles. The Hall–Kier alpha value is -3.85. The number of thiophene rings is 1. The molecule has 1 aromatic carbocycles. The van der Waals surface area contributed by atoms with Crippen molar-refractivity contribution in [3.8, 4) is 10.4 Å². The normalized spacial score (nSPS) is 21.2. The number of benzene rings is 1. The highest BCUT2D eigenvalue weighted by atomic mass is 32.2. The minimum Gasteiger partial charge on any atom is -0.444 e. The molecule has 2 aliphatic rings. The van der Waals surface area contributed by atoms with Crippen LogP contribution in [0.1, 0.15) is 76.2 Å². The molecule has 49 heavy (non-hydrogen) atoms. The molecule has 3 amide bonds. The predicted octanol–water partition coefficient (Wildman–Crippen LogP) is 5.64. The van der Waals surface area contributed by atoms with Crippen molar-refractivity contribution in [2.24, 2.45) is 0 Å². The van der Waals surface area contributed by atoms with E-state index in [9.17, 15) is 22.8 Å². The molecule has 0 radical (unpaired) electrons. The molecule has 14 heteroatoms. The molecule has 3 N–H and O–H groups in total. The molecule has 3 atom stereocenters. The van der Waals surface area contributed by atoms with Gasteiger partial charge in [-0.05, 0) is 87.9 Å². The van der Waals surface area contributed by atoms with E-state index in [-0.39, 0.29) is 18.6 Å². The number of carbonyl (C=O) groups excluding carboxylic acids is 3. The van der Waals surface area contributed by atoms with Crippen molar-refractivity contribution in [3.63, 3.8) is 0 Å². The topological polar surface area (TPSA) is 162 Å². The molecule has 0 bridgehead atoms. The van der Waals surface area contributed by atoms with E-state index in [0.29, 0.717) is 42.9 Å². The molecule has 2 aliphatic heterocycles. The third-order valence-electron chi connectivity index (χ3n) is 8.37.